The van der Waals surface area contributed by atoms with Crippen molar-refractivity contribution in [2.24, 2.45) is 5.92 Å². The molecule has 7 nitrogen and oxygen atoms in total. The summed E-state index contributed by atoms with van der Waals surface area (Å²) in [6.45, 7) is 0.996. The highest BCUT2D eigenvalue weighted by Crippen LogP contribution is 2.32. The van der Waals surface area contributed by atoms with E-state index in [2.05, 4.69) is 16.4 Å². The van der Waals surface area contributed by atoms with Gasteiger partial charge in [-0.25, -0.2) is 9.48 Å². The topological polar surface area (TPSA) is 88.3 Å². The van der Waals surface area contributed by atoms with Gasteiger partial charge in [-0.1, -0.05) is 17.4 Å². The number of fused-ring (bicyclic) bond motifs is 2. The van der Waals surface area contributed by atoms with Crippen molar-refractivity contribution in [3.05, 3.63) is 24.0 Å². The van der Waals surface area contributed by atoms with Gasteiger partial charge in [0.15, 0.2) is 5.69 Å². The second-order valence-electron chi connectivity index (χ2n) is 4.50. The molecule has 0 aromatic carbocycles. The largest absolute Gasteiger partial charge is 0.476 e. The molecule has 2 aliphatic rings. The van der Waals surface area contributed by atoms with Crippen LogP contribution in [-0.4, -0.2) is 49.5 Å². The van der Waals surface area contributed by atoms with Crippen LogP contribution in [0.15, 0.2) is 18.3 Å². The molecule has 1 aromatic rings. The molecule has 2 heterocycles. The number of carbonyl (C=O) groups excluding carboxylic acids is 1. The fraction of sp³-hybridized carbons (Fsp3) is 0.455. The fourth-order valence-electron chi connectivity index (χ4n) is 2.46. The third kappa shape index (κ3) is 1.68. The van der Waals surface area contributed by atoms with Crippen LogP contribution in [-0.2, 0) is 11.3 Å². The van der Waals surface area contributed by atoms with Gasteiger partial charge in [0.05, 0.1) is 24.7 Å². The van der Waals surface area contributed by atoms with Crippen LogP contribution < -0.4 is 0 Å². The Morgan fingerprint density at radius 2 is 2.28 bits per heavy atom. The molecule has 2 bridgehead atoms. The zero-order valence-corrected chi connectivity index (χ0v) is 9.56. The third-order valence-corrected chi connectivity index (χ3v) is 3.39. The quantitative estimate of drug-likeness (QED) is 0.743. The van der Waals surface area contributed by atoms with Crippen LogP contribution in [0.25, 0.3) is 0 Å². The number of hydrogen-bond acceptors (Lipinski definition) is 4. The molecule has 18 heavy (non-hydrogen) atoms. The minimum absolute atomic E-state index is 0.0420. The number of carboxylic acid groups (broad SMARTS) is 1. The SMILES string of the molecule is O=C(O)c1cn(CCN2C(=O)C3C=CC2C3)nn1. The average Bonchev–Trinajstić information content (AvgIpc) is 3.02. The number of hydrogen-bond donors (Lipinski definition) is 1. The second kappa shape index (κ2) is 3.94. The molecule has 2 unspecified atom stereocenters. The van der Waals surface area contributed by atoms with E-state index in [9.17, 15) is 9.59 Å². The summed E-state index contributed by atoms with van der Waals surface area (Å²) in [5.41, 5.74) is -0.0795. The molecule has 1 aliphatic carbocycles. The Morgan fingerprint density at radius 1 is 1.44 bits per heavy atom. The molecule has 0 spiro atoms. The van der Waals surface area contributed by atoms with E-state index in [0.717, 1.165) is 6.42 Å². The molecule has 3 rings (SSSR count). The smallest absolute Gasteiger partial charge is 0.358 e. The number of rotatable bonds is 4. The van der Waals surface area contributed by atoms with Crippen molar-refractivity contribution in [1.29, 1.82) is 0 Å². The summed E-state index contributed by atoms with van der Waals surface area (Å²) < 4.78 is 1.45. The monoisotopic (exact) mass is 248 g/mol. The zero-order chi connectivity index (χ0) is 12.7. The fourth-order valence-corrected chi connectivity index (χ4v) is 2.46. The van der Waals surface area contributed by atoms with Gasteiger partial charge in [-0.3, -0.25) is 4.79 Å². The lowest BCUT2D eigenvalue weighted by Crippen LogP contribution is -2.37. The summed E-state index contributed by atoms with van der Waals surface area (Å²) in [6.07, 6.45) is 6.26. The lowest BCUT2D eigenvalue weighted by atomic mass is 10.1. The number of carbonyl (C=O) groups is 2. The van der Waals surface area contributed by atoms with Gasteiger partial charge >= 0.3 is 5.97 Å². The predicted octanol–water partition coefficient (Wildman–Crippen LogP) is -0.237. The van der Waals surface area contributed by atoms with Crippen LogP contribution in [0.1, 0.15) is 16.9 Å². The van der Waals surface area contributed by atoms with Crippen molar-refractivity contribution in [2.75, 3.05) is 6.54 Å². The molecule has 2 atom stereocenters. The number of carboxylic acids is 1. The van der Waals surface area contributed by atoms with Crippen LogP contribution in [0, 0.1) is 5.92 Å². The first-order valence-electron chi connectivity index (χ1n) is 5.77. The number of aromatic nitrogens is 3. The van der Waals surface area contributed by atoms with Crippen molar-refractivity contribution in [2.45, 2.75) is 19.0 Å². The van der Waals surface area contributed by atoms with E-state index in [-0.39, 0.29) is 23.6 Å². The minimum atomic E-state index is -1.10. The van der Waals surface area contributed by atoms with Crippen molar-refractivity contribution >= 4 is 11.9 Å². The van der Waals surface area contributed by atoms with Gasteiger partial charge < -0.3 is 10.0 Å². The predicted molar refractivity (Wildman–Crippen MR) is 59.7 cm³/mol. The van der Waals surface area contributed by atoms with Gasteiger partial charge in [-0.05, 0) is 6.42 Å². The molecule has 1 amide bonds. The Labute approximate surface area is 103 Å². The Morgan fingerprint density at radius 3 is 2.89 bits per heavy atom. The van der Waals surface area contributed by atoms with Gasteiger partial charge in [0.1, 0.15) is 0 Å². The summed E-state index contributed by atoms with van der Waals surface area (Å²) in [7, 11) is 0. The van der Waals surface area contributed by atoms with Gasteiger partial charge in [0.25, 0.3) is 0 Å². The van der Waals surface area contributed by atoms with Crippen molar-refractivity contribution in [3.63, 3.8) is 0 Å². The zero-order valence-electron chi connectivity index (χ0n) is 9.56. The van der Waals surface area contributed by atoms with Gasteiger partial charge in [0.2, 0.25) is 5.91 Å². The van der Waals surface area contributed by atoms with E-state index in [4.69, 9.17) is 5.11 Å². The first-order valence-corrected chi connectivity index (χ1v) is 5.77. The van der Waals surface area contributed by atoms with Gasteiger partial charge in [-0.2, -0.15) is 0 Å². The van der Waals surface area contributed by atoms with Crippen LogP contribution in [0.5, 0.6) is 0 Å². The van der Waals surface area contributed by atoms with Crippen molar-refractivity contribution in [1.82, 2.24) is 19.9 Å². The maximum atomic E-state index is 11.8. The lowest BCUT2D eigenvalue weighted by molar-refractivity contribution is -0.131. The molecular formula is C11H12N4O3. The molecule has 1 fully saturated rings. The molecule has 1 aliphatic heterocycles. The molecule has 1 N–H and O–H groups in total. The minimum Gasteiger partial charge on any atom is -0.476 e. The lowest BCUT2D eigenvalue weighted by Gasteiger charge is -2.23. The molecule has 1 aromatic heterocycles. The van der Waals surface area contributed by atoms with E-state index in [1.807, 2.05) is 11.0 Å². The Kier molecular flexibility index (Phi) is 2.39. The number of likely N-dealkylation sites (tertiary alicyclic amines) is 1. The second-order valence-corrected chi connectivity index (χ2v) is 4.50. The molecule has 94 valence electrons. The molecule has 0 radical (unpaired) electrons. The van der Waals surface area contributed by atoms with Crippen LogP contribution in [0.2, 0.25) is 0 Å². The Bertz CT molecular complexity index is 536. The number of amides is 1. The number of aromatic carboxylic acids is 1. The maximum absolute atomic E-state index is 11.8. The first-order chi connectivity index (χ1) is 8.65. The van der Waals surface area contributed by atoms with Crippen LogP contribution in [0.3, 0.4) is 0 Å². The van der Waals surface area contributed by atoms with E-state index in [1.165, 1.54) is 10.9 Å². The van der Waals surface area contributed by atoms with Crippen molar-refractivity contribution < 1.29 is 14.7 Å². The highest BCUT2D eigenvalue weighted by Gasteiger charge is 2.40. The van der Waals surface area contributed by atoms with Gasteiger partial charge in [0, 0.05) is 6.54 Å². The van der Waals surface area contributed by atoms with Crippen LogP contribution >= 0.6 is 0 Å². The summed E-state index contributed by atoms with van der Waals surface area (Å²) in [5.74, 6) is -0.901. The standard InChI is InChI=1S/C11H12N4O3/c16-10-7-1-2-8(5-7)15(10)4-3-14-6-9(11(17)18)12-13-14/h1-2,6-8H,3-5H2,(H,17,18). The summed E-state index contributed by atoms with van der Waals surface area (Å²) in [4.78, 5) is 24.3. The summed E-state index contributed by atoms with van der Waals surface area (Å²) in [5, 5.41) is 16.0. The van der Waals surface area contributed by atoms with E-state index >= 15 is 0 Å². The Hall–Kier alpha value is -2.18. The molecule has 1 saturated heterocycles. The van der Waals surface area contributed by atoms with Gasteiger partial charge in [-0.15, -0.1) is 5.10 Å². The van der Waals surface area contributed by atoms with Crippen molar-refractivity contribution in [3.8, 4) is 0 Å². The molecular weight excluding hydrogens is 236 g/mol. The summed E-state index contributed by atoms with van der Waals surface area (Å²) in [6, 6.07) is 0.199. The third-order valence-electron chi connectivity index (χ3n) is 3.39. The number of nitrogens with zero attached hydrogens (tertiary/aromatic N) is 4. The first kappa shape index (κ1) is 10.9. The van der Waals surface area contributed by atoms with E-state index in [1.54, 1.807) is 0 Å². The van der Waals surface area contributed by atoms with Crippen LogP contribution in [0.4, 0.5) is 0 Å². The average molecular weight is 248 g/mol. The van der Waals surface area contributed by atoms with E-state index in [0.29, 0.717) is 13.1 Å². The Balaban J connectivity index is 1.63. The highest BCUT2D eigenvalue weighted by molar-refractivity contribution is 5.85. The van der Waals surface area contributed by atoms with E-state index < -0.39 is 5.97 Å². The summed E-state index contributed by atoms with van der Waals surface area (Å²) >= 11 is 0. The molecule has 7 heteroatoms. The normalized spacial score (nSPS) is 25.1. The molecule has 0 saturated carbocycles. The highest BCUT2D eigenvalue weighted by atomic mass is 16.4. The maximum Gasteiger partial charge on any atom is 0.358 e.